The van der Waals surface area contributed by atoms with Gasteiger partial charge in [0.1, 0.15) is 0 Å². The first kappa shape index (κ1) is 8.42. The quantitative estimate of drug-likeness (QED) is 0.449. The van der Waals surface area contributed by atoms with E-state index >= 15 is 0 Å². The van der Waals surface area contributed by atoms with E-state index in [9.17, 15) is 4.57 Å². The van der Waals surface area contributed by atoms with Gasteiger partial charge in [0.05, 0.1) is 0 Å². The lowest BCUT2D eigenvalue weighted by molar-refractivity contribution is 0.284. The summed E-state index contributed by atoms with van der Waals surface area (Å²) in [5.74, 6) is 0. The predicted molar refractivity (Wildman–Crippen MR) is 39.2 cm³/mol. The van der Waals surface area contributed by atoms with E-state index in [2.05, 4.69) is 0 Å². The molecular weight excluding hydrogens is 171 g/mol. The van der Waals surface area contributed by atoms with Crippen molar-refractivity contribution in [1.29, 1.82) is 0 Å². The number of hydrogen-bond donors (Lipinski definition) is 2. The van der Waals surface area contributed by atoms with Crippen LogP contribution >= 0.6 is 7.14 Å². The Balaban J connectivity index is 2.47. The van der Waals surface area contributed by atoms with Gasteiger partial charge in [-0.25, -0.2) is 0 Å². The van der Waals surface area contributed by atoms with Crippen LogP contribution in [-0.4, -0.2) is 25.1 Å². The van der Waals surface area contributed by atoms with Gasteiger partial charge in [0.2, 0.25) is 0 Å². The highest BCUT2D eigenvalue weighted by Gasteiger charge is 2.33. The highest BCUT2D eigenvalue weighted by atomic mass is 31.4. The van der Waals surface area contributed by atoms with E-state index in [-0.39, 0.29) is 0 Å². The predicted octanol–water partition coefficient (Wildman–Crippen LogP) is 0.195. The van der Waals surface area contributed by atoms with Crippen molar-refractivity contribution in [2.24, 2.45) is 0 Å². The maximum absolute atomic E-state index is 10.6. The second kappa shape index (κ2) is 3.15. The molecule has 2 N–H and O–H groups in total. The molecule has 1 fully saturated rings. The highest BCUT2D eigenvalue weighted by molar-refractivity contribution is 7.85. The molecule has 1 aliphatic rings. The molecule has 0 aliphatic carbocycles. The third-order valence-electron chi connectivity index (χ3n) is 1.53. The third-order valence-corrected chi connectivity index (χ3v) is 7.28. The molecule has 1 unspecified atom stereocenters. The zero-order chi connectivity index (χ0) is 7.61. The summed E-state index contributed by atoms with van der Waals surface area (Å²) >= 11 is 0. The number of rotatable bonds is 1. The zero-order valence-corrected chi connectivity index (χ0v) is 7.61. The Hall–Kier alpha value is 0.327. The fourth-order valence-corrected chi connectivity index (χ4v) is 5.22. The fourth-order valence-electron chi connectivity index (χ4n) is 0.989. The van der Waals surface area contributed by atoms with Gasteiger partial charge in [-0.3, -0.25) is 4.57 Å². The fraction of sp³-hybridized carbons (Fsp3) is 1.00. The third kappa shape index (κ3) is 2.18. The van der Waals surface area contributed by atoms with E-state index in [1.165, 1.54) is 0 Å². The van der Waals surface area contributed by atoms with Crippen LogP contribution in [0.15, 0.2) is 0 Å². The molecule has 1 heterocycles. The summed E-state index contributed by atoms with van der Waals surface area (Å²) in [5, 5.41) is 0. The molecule has 10 heavy (non-hydrogen) atoms. The van der Waals surface area contributed by atoms with Crippen molar-refractivity contribution in [1.82, 2.24) is 0 Å². The van der Waals surface area contributed by atoms with Gasteiger partial charge in [-0.05, 0) is 12.5 Å². The molecule has 0 aromatic carbocycles. The van der Waals surface area contributed by atoms with Gasteiger partial charge >= 0.3 is 15.9 Å². The van der Waals surface area contributed by atoms with E-state index in [1.54, 1.807) is 0 Å². The Morgan fingerprint density at radius 3 is 2.40 bits per heavy atom. The largest absolute Gasteiger partial charge is 0.408 e. The number of hydrogen-bond acceptors (Lipinski definition) is 2. The summed E-state index contributed by atoms with van der Waals surface area (Å²) in [6, 6.07) is 0.629. The lowest BCUT2D eigenvalue weighted by atomic mass is 10.4. The molecule has 0 bridgehead atoms. The van der Waals surface area contributed by atoms with Crippen molar-refractivity contribution < 1.29 is 18.8 Å². The Morgan fingerprint density at radius 2 is 2.10 bits per heavy atom. The summed E-state index contributed by atoms with van der Waals surface area (Å²) in [6.07, 6.45) is 1.87. The molecule has 0 spiro atoms. The summed E-state index contributed by atoms with van der Waals surface area (Å²) in [5.41, 5.74) is 0. The van der Waals surface area contributed by atoms with Crippen molar-refractivity contribution in [3.05, 3.63) is 0 Å². The van der Waals surface area contributed by atoms with Gasteiger partial charge in [-0.1, -0.05) is 6.42 Å². The summed E-state index contributed by atoms with van der Waals surface area (Å²) in [4.78, 5) is 17.4. The first-order chi connectivity index (χ1) is 4.61. The van der Waals surface area contributed by atoms with Gasteiger partial charge in [0, 0.05) is 6.61 Å². The Morgan fingerprint density at radius 1 is 1.40 bits per heavy atom. The minimum atomic E-state index is -3.82. The van der Waals surface area contributed by atoms with E-state index in [0.29, 0.717) is 12.7 Å². The Kier molecular flexibility index (Phi) is 2.65. The van der Waals surface area contributed by atoms with Crippen LogP contribution in [0.4, 0.5) is 0 Å². The molecule has 4 nitrogen and oxygen atoms in total. The van der Waals surface area contributed by atoms with Crippen molar-refractivity contribution in [3.63, 3.8) is 0 Å². The minimum Gasteiger partial charge on any atom is -0.408 e. The summed E-state index contributed by atoms with van der Waals surface area (Å²) in [7, 11) is -5.97. The van der Waals surface area contributed by atoms with Gasteiger partial charge in [-0.15, -0.1) is 0 Å². The normalized spacial score (nSPS) is 28.4. The van der Waals surface area contributed by atoms with E-state index in [0.717, 1.165) is 12.8 Å². The maximum atomic E-state index is 10.6. The molecule has 0 radical (unpaired) electrons. The van der Waals surface area contributed by atoms with Gasteiger partial charge in [-0.2, -0.15) is 0 Å². The first-order valence-electron chi connectivity index (χ1n) is 3.27. The first-order valence-corrected chi connectivity index (χ1v) is 7.79. The molecule has 1 rings (SSSR count). The van der Waals surface area contributed by atoms with Gasteiger partial charge < -0.3 is 14.2 Å². The lowest BCUT2D eigenvalue weighted by Crippen LogP contribution is -2.23. The van der Waals surface area contributed by atoms with Crippen LogP contribution in [0.1, 0.15) is 12.8 Å². The van der Waals surface area contributed by atoms with Crippen LogP contribution in [-0.2, 0) is 8.99 Å². The van der Waals surface area contributed by atoms with Crippen LogP contribution in [0.3, 0.4) is 0 Å². The molecule has 0 aromatic heterocycles. The lowest BCUT2D eigenvalue weighted by Gasteiger charge is -2.21. The van der Waals surface area contributed by atoms with Crippen molar-refractivity contribution in [2.45, 2.75) is 18.9 Å². The average Bonchev–Trinajstić information content (AvgIpc) is 1.88. The summed E-state index contributed by atoms with van der Waals surface area (Å²) in [6.45, 7) is 0.544. The van der Waals surface area contributed by atoms with Crippen LogP contribution in [0.5, 0.6) is 0 Å². The van der Waals surface area contributed by atoms with Crippen LogP contribution in [0, 0.1) is 0 Å². The SMILES string of the molecule is O=P(O)(O)[SiH]1CCCCO1. The molecule has 1 aliphatic heterocycles. The van der Waals surface area contributed by atoms with Crippen molar-refractivity contribution in [2.75, 3.05) is 6.61 Å². The highest BCUT2D eigenvalue weighted by Crippen LogP contribution is 2.42. The monoisotopic (exact) mass is 182 g/mol. The van der Waals surface area contributed by atoms with E-state index in [1.807, 2.05) is 0 Å². The molecule has 1 atom stereocenters. The van der Waals surface area contributed by atoms with Crippen LogP contribution < -0.4 is 0 Å². The molecule has 60 valence electrons. The average molecular weight is 182 g/mol. The van der Waals surface area contributed by atoms with Crippen molar-refractivity contribution in [3.8, 4) is 0 Å². The molecule has 0 amide bonds. The second-order valence-corrected chi connectivity index (χ2v) is 9.15. The molecule has 0 saturated carbocycles. The molecule has 1 saturated heterocycles. The van der Waals surface area contributed by atoms with Gasteiger partial charge in [0.15, 0.2) is 0 Å². The minimum absolute atomic E-state index is 0.544. The second-order valence-electron chi connectivity index (χ2n) is 2.41. The Bertz CT molecular complexity index is 149. The smallest absolute Gasteiger partial charge is 0.319 e. The van der Waals surface area contributed by atoms with Crippen molar-refractivity contribution >= 4 is 15.9 Å². The van der Waals surface area contributed by atoms with Gasteiger partial charge in [0.25, 0.3) is 0 Å². The molecule has 6 heteroatoms. The van der Waals surface area contributed by atoms with E-state index < -0.39 is 15.9 Å². The van der Waals surface area contributed by atoms with Crippen LogP contribution in [0.2, 0.25) is 6.04 Å². The molecule has 0 aromatic rings. The Labute approximate surface area is 60.9 Å². The topological polar surface area (TPSA) is 66.8 Å². The van der Waals surface area contributed by atoms with Crippen LogP contribution in [0.25, 0.3) is 0 Å². The standard InChI is InChI=1S/C4H11O4PSi/c5-9(6,7)10-4-2-1-3-8-10/h10H,1-4H2,(H2,5,6,7). The zero-order valence-electron chi connectivity index (χ0n) is 5.56. The summed E-state index contributed by atoms with van der Waals surface area (Å²) < 4.78 is 15.6. The maximum Gasteiger partial charge on any atom is 0.319 e. The van der Waals surface area contributed by atoms with E-state index in [4.69, 9.17) is 14.2 Å². The molecular formula is C4H11O4PSi.